The van der Waals surface area contributed by atoms with E-state index in [1.807, 2.05) is 115 Å². The number of nitrogens with zero attached hydrogens (tertiary/aromatic N) is 4. The van der Waals surface area contributed by atoms with Gasteiger partial charge in [0.05, 0.1) is 40.4 Å². The SMILES string of the molecule is CN(CC1CCCCC1)c1ccccc1C(=O)Nc1cnc2ccccc2c1.O=C(c1ccccc1)N(NCC1CCCCC1)c1cnc2ccccc2c1. The van der Waals surface area contributed by atoms with Crippen LogP contribution in [-0.4, -0.2) is 41.9 Å². The second-order valence-electron chi connectivity index (χ2n) is 15.0. The van der Waals surface area contributed by atoms with Crippen LogP contribution in [0.4, 0.5) is 17.1 Å². The molecule has 8 nitrogen and oxygen atoms in total. The zero-order valence-electron chi connectivity index (χ0n) is 31.9. The van der Waals surface area contributed by atoms with Crippen molar-refractivity contribution in [3.05, 3.63) is 139 Å². The molecule has 8 heteroatoms. The van der Waals surface area contributed by atoms with E-state index in [0.29, 0.717) is 22.7 Å². The number of hydrazine groups is 1. The summed E-state index contributed by atoms with van der Waals surface area (Å²) in [5.41, 5.74) is 9.12. The third kappa shape index (κ3) is 9.94. The molecule has 0 atom stereocenters. The first-order valence-corrected chi connectivity index (χ1v) is 20.0. The number of carbonyl (C=O) groups excluding carboxylic acids is 2. The highest BCUT2D eigenvalue weighted by molar-refractivity contribution is 6.08. The predicted molar refractivity (Wildman–Crippen MR) is 226 cm³/mol. The van der Waals surface area contributed by atoms with Crippen LogP contribution in [0.25, 0.3) is 21.8 Å². The van der Waals surface area contributed by atoms with Gasteiger partial charge < -0.3 is 10.2 Å². The molecule has 2 aliphatic carbocycles. The van der Waals surface area contributed by atoms with Crippen LogP contribution >= 0.6 is 0 Å². The number of aromatic nitrogens is 2. The lowest BCUT2D eigenvalue weighted by Crippen LogP contribution is -2.45. The number of amides is 2. The van der Waals surface area contributed by atoms with Crippen molar-refractivity contribution in [3.8, 4) is 0 Å². The van der Waals surface area contributed by atoms with Gasteiger partial charge in [0.1, 0.15) is 0 Å². The van der Waals surface area contributed by atoms with Crippen molar-refractivity contribution in [2.24, 2.45) is 11.8 Å². The van der Waals surface area contributed by atoms with Gasteiger partial charge in [-0.05, 0) is 86.1 Å². The van der Waals surface area contributed by atoms with E-state index < -0.39 is 0 Å². The molecule has 8 rings (SSSR count). The normalized spacial score (nSPS) is 14.9. The van der Waals surface area contributed by atoms with Crippen LogP contribution in [0.1, 0.15) is 84.9 Å². The van der Waals surface area contributed by atoms with E-state index in [2.05, 4.69) is 32.7 Å². The Kier molecular flexibility index (Phi) is 12.8. The molecule has 0 unspecified atom stereocenters. The molecule has 0 spiro atoms. The summed E-state index contributed by atoms with van der Waals surface area (Å²) in [6.07, 6.45) is 16.5. The molecule has 0 saturated heterocycles. The second-order valence-corrected chi connectivity index (χ2v) is 15.0. The lowest BCUT2D eigenvalue weighted by Gasteiger charge is -2.29. The summed E-state index contributed by atoms with van der Waals surface area (Å²) >= 11 is 0. The number of pyridine rings is 2. The Hall–Kier alpha value is -5.60. The molecule has 0 bridgehead atoms. The molecule has 4 aromatic carbocycles. The van der Waals surface area contributed by atoms with Crippen LogP contribution in [0.15, 0.2) is 128 Å². The van der Waals surface area contributed by atoms with Crippen molar-refractivity contribution >= 4 is 50.7 Å². The number of para-hydroxylation sites is 3. The average molecular weight is 733 g/mol. The predicted octanol–water partition coefficient (Wildman–Crippen LogP) is 10.5. The minimum absolute atomic E-state index is 0.0523. The van der Waals surface area contributed by atoms with E-state index >= 15 is 0 Å². The van der Waals surface area contributed by atoms with Crippen molar-refractivity contribution in [1.82, 2.24) is 15.4 Å². The molecule has 2 fully saturated rings. The Labute approximate surface area is 325 Å². The molecular formula is C47H52N6O2. The lowest BCUT2D eigenvalue weighted by atomic mass is 9.89. The smallest absolute Gasteiger partial charge is 0.272 e. The van der Waals surface area contributed by atoms with Crippen molar-refractivity contribution in [1.29, 1.82) is 0 Å². The third-order valence-corrected chi connectivity index (χ3v) is 11.0. The lowest BCUT2D eigenvalue weighted by molar-refractivity contribution is 0.0970. The Morgan fingerprint density at radius 2 is 1.24 bits per heavy atom. The molecule has 2 saturated carbocycles. The minimum atomic E-state index is -0.0943. The summed E-state index contributed by atoms with van der Waals surface area (Å²) in [6.45, 7) is 1.81. The van der Waals surface area contributed by atoms with E-state index in [1.165, 1.54) is 64.2 Å². The fourth-order valence-electron chi connectivity index (χ4n) is 7.98. The highest BCUT2D eigenvalue weighted by atomic mass is 16.2. The monoisotopic (exact) mass is 732 g/mol. The quantitative estimate of drug-likeness (QED) is 0.136. The van der Waals surface area contributed by atoms with Gasteiger partial charge in [0.25, 0.3) is 11.8 Å². The summed E-state index contributed by atoms with van der Waals surface area (Å²) in [4.78, 5) is 37.4. The van der Waals surface area contributed by atoms with E-state index in [-0.39, 0.29) is 11.8 Å². The maximum atomic E-state index is 13.2. The van der Waals surface area contributed by atoms with Crippen LogP contribution in [0.5, 0.6) is 0 Å². The third-order valence-electron chi connectivity index (χ3n) is 11.0. The van der Waals surface area contributed by atoms with Crippen LogP contribution < -0.4 is 20.7 Å². The second kappa shape index (κ2) is 18.6. The highest BCUT2D eigenvalue weighted by Gasteiger charge is 2.22. The fraction of sp³-hybridized carbons (Fsp3) is 0.319. The van der Waals surface area contributed by atoms with Crippen LogP contribution in [0.2, 0.25) is 0 Å². The number of rotatable bonds is 10. The largest absolute Gasteiger partial charge is 0.374 e. The van der Waals surface area contributed by atoms with Crippen molar-refractivity contribution in [2.45, 2.75) is 64.2 Å². The number of carbonyl (C=O) groups is 2. The number of fused-ring (bicyclic) bond motifs is 2. The maximum Gasteiger partial charge on any atom is 0.272 e. The fourth-order valence-corrected chi connectivity index (χ4v) is 7.98. The van der Waals surface area contributed by atoms with E-state index in [0.717, 1.165) is 52.2 Å². The van der Waals surface area contributed by atoms with E-state index in [9.17, 15) is 9.59 Å². The molecule has 0 radical (unpaired) electrons. The van der Waals surface area contributed by atoms with Crippen LogP contribution in [0.3, 0.4) is 0 Å². The molecule has 0 aliphatic heterocycles. The Morgan fingerprint density at radius 3 is 1.95 bits per heavy atom. The van der Waals surface area contributed by atoms with Crippen LogP contribution in [0, 0.1) is 11.8 Å². The van der Waals surface area contributed by atoms with Crippen molar-refractivity contribution in [3.63, 3.8) is 0 Å². The Bertz CT molecular complexity index is 2180. The van der Waals surface area contributed by atoms with Gasteiger partial charge >= 0.3 is 0 Å². The van der Waals surface area contributed by atoms with Crippen LogP contribution in [-0.2, 0) is 0 Å². The Balaban J connectivity index is 0.000000169. The summed E-state index contributed by atoms with van der Waals surface area (Å²) in [5, 5.41) is 6.74. The number of hydrogen-bond donors (Lipinski definition) is 2. The number of benzene rings is 4. The summed E-state index contributed by atoms with van der Waals surface area (Å²) in [7, 11) is 2.10. The van der Waals surface area contributed by atoms with Gasteiger partial charge in [-0.2, -0.15) is 0 Å². The highest BCUT2D eigenvalue weighted by Crippen LogP contribution is 2.29. The van der Waals surface area contributed by atoms with Gasteiger partial charge in [0.2, 0.25) is 0 Å². The first-order valence-electron chi connectivity index (χ1n) is 20.0. The van der Waals surface area contributed by atoms with Crippen molar-refractivity contribution in [2.75, 3.05) is 35.4 Å². The molecular weight excluding hydrogens is 681 g/mol. The first kappa shape index (κ1) is 37.7. The summed E-state index contributed by atoms with van der Waals surface area (Å²) < 4.78 is 0. The number of hydrogen-bond acceptors (Lipinski definition) is 6. The van der Waals surface area contributed by atoms with Gasteiger partial charge in [-0.15, -0.1) is 0 Å². The molecule has 2 heterocycles. The van der Waals surface area contributed by atoms with Gasteiger partial charge in [-0.3, -0.25) is 19.6 Å². The van der Waals surface area contributed by atoms with E-state index in [4.69, 9.17) is 0 Å². The minimum Gasteiger partial charge on any atom is -0.374 e. The molecule has 2 amide bonds. The molecule has 6 aromatic rings. The molecule has 2 aromatic heterocycles. The molecule has 2 aliphatic rings. The molecule has 55 heavy (non-hydrogen) atoms. The number of anilines is 3. The van der Waals surface area contributed by atoms with Gasteiger partial charge in [0, 0.05) is 42.2 Å². The van der Waals surface area contributed by atoms with Crippen molar-refractivity contribution < 1.29 is 9.59 Å². The average Bonchev–Trinajstić information content (AvgIpc) is 3.25. The summed E-state index contributed by atoms with van der Waals surface area (Å²) in [6, 6.07) is 37.2. The maximum absolute atomic E-state index is 13.2. The molecule has 2 N–H and O–H groups in total. The summed E-state index contributed by atoms with van der Waals surface area (Å²) in [5.74, 6) is 1.20. The zero-order chi connectivity index (χ0) is 37.8. The van der Waals surface area contributed by atoms with Gasteiger partial charge in [-0.1, -0.05) is 105 Å². The van der Waals surface area contributed by atoms with Gasteiger partial charge in [-0.25, -0.2) is 10.4 Å². The van der Waals surface area contributed by atoms with Gasteiger partial charge in [0.15, 0.2) is 0 Å². The number of nitrogens with one attached hydrogen (secondary N) is 2. The Morgan fingerprint density at radius 1 is 0.655 bits per heavy atom. The first-order chi connectivity index (χ1) is 27.0. The molecule has 282 valence electrons. The topological polar surface area (TPSA) is 90.5 Å². The zero-order valence-corrected chi connectivity index (χ0v) is 31.9. The van der Waals surface area contributed by atoms with E-state index in [1.54, 1.807) is 17.4 Å². The standard InChI is InChI=1S/C24H27N3O.C23H25N3O/c1-27(17-18-9-3-2-4-10-18)23-14-8-6-12-21(23)24(28)26-20-15-19-11-5-7-13-22(19)25-16-20;27-23(19-11-5-2-6-12-19)26(25-16-18-9-3-1-4-10-18)21-15-20-13-7-8-14-22(20)24-17-21/h5-8,11-16,18H,2-4,9-10,17H2,1H3,(H,26,28);2,5-8,11-15,17-18,25H,1,3-4,9-10,16H2.